The lowest BCUT2D eigenvalue weighted by atomic mass is 9.92. The number of hydrogen-bond donors (Lipinski definition) is 0. The van der Waals surface area contributed by atoms with Gasteiger partial charge in [0.1, 0.15) is 11.2 Å². The lowest BCUT2D eigenvalue weighted by Gasteiger charge is -2.14. The molecule has 0 bridgehead atoms. The van der Waals surface area contributed by atoms with Gasteiger partial charge in [0.2, 0.25) is 0 Å². The molecule has 4 nitrogen and oxygen atoms in total. The van der Waals surface area contributed by atoms with E-state index in [4.69, 9.17) is 41.9 Å². The summed E-state index contributed by atoms with van der Waals surface area (Å²) in [5.41, 5.74) is 2.99. The van der Waals surface area contributed by atoms with Gasteiger partial charge in [0, 0.05) is 38.5 Å². The molecule has 0 saturated carbocycles. The van der Waals surface area contributed by atoms with Crippen molar-refractivity contribution < 1.29 is 15.4 Å². The molecular weight excluding hydrogens is 586 g/mol. The van der Waals surface area contributed by atoms with Gasteiger partial charge in [-0.2, -0.15) is 0 Å². The Bertz CT molecular complexity index is 3050. The van der Waals surface area contributed by atoms with Crippen LogP contribution in [0.1, 0.15) is 11.0 Å². The lowest BCUT2D eigenvalue weighted by molar-refractivity contribution is 0.669. The van der Waals surface area contributed by atoms with Crippen LogP contribution in [0.5, 0.6) is 0 Å². The quantitative estimate of drug-likeness (QED) is 0.197. The first-order valence-corrected chi connectivity index (χ1v) is 14.9. The predicted molar refractivity (Wildman–Crippen MR) is 189 cm³/mol. The Hall–Kier alpha value is -5.84. The Morgan fingerprint density at radius 2 is 1.24 bits per heavy atom. The molecule has 9 rings (SSSR count). The molecule has 0 aliphatic carbocycles. The van der Waals surface area contributed by atoms with E-state index in [9.17, 15) is 0 Å². The lowest BCUT2D eigenvalue weighted by Crippen LogP contribution is -2.00. The van der Waals surface area contributed by atoms with Crippen LogP contribution in [-0.4, -0.2) is 15.0 Å². The number of fused-ring (bicyclic) bond motifs is 5. The summed E-state index contributed by atoms with van der Waals surface area (Å²) in [7, 11) is 0. The zero-order chi connectivity index (χ0) is 37.6. The fourth-order valence-electron chi connectivity index (χ4n) is 5.96. The molecule has 0 spiro atoms. The highest BCUT2D eigenvalue weighted by molar-refractivity contribution is 6.31. The summed E-state index contributed by atoms with van der Waals surface area (Å²) >= 11 is 6.26. The van der Waals surface area contributed by atoms with Gasteiger partial charge >= 0.3 is 0 Å². The fraction of sp³-hybridized carbons (Fsp3) is 0. The van der Waals surface area contributed by atoms with Crippen LogP contribution in [0.25, 0.3) is 88.8 Å². The van der Waals surface area contributed by atoms with Gasteiger partial charge in [-0.3, -0.25) is 0 Å². The Morgan fingerprint density at radius 1 is 0.522 bits per heavy atom. The summed E-state index contributed by atoms with van der Waals surface area (Å²) in [6.07, 6.45) is 0. The average Bonchev–Trinajstić information content (AvgIpc) is 3.56. The monoisotopic (exact) mass is 617 g/mol. The van der Waals surface area contributed by atoms with Crippen LogP contribution >= 0.6 is 11.6 Å². The third-order valence-electron chi connectivity index (χ3n) is 8.05. The van der Waals surface area contributed by atoms with Crippen LogP contribution in [0.3, 0.4) is 0 Å². The van der Waals surface area contributed by atoms with E-state index in [0.29, 0.717) is 44.0 Å². The first-order chi connectivity index (χ1) is 26.0. The van der Waals surface area contributed by atoms with Crippen LogP contribution in [0.2, 0.25) is 5.02 Å². The molecule has 0 aliphatic rings. The van der Waals surface area contributed by atoms with Crippen LogP contribution in [0.4, 0.5) is 0 Å². The van der Waals surface area contributed by atoms with E-state index in [-0.39, 0.29) is 51.8 Å². The Morgan fingerprint density at radius 3 is 2.09 bits per heavy atom. The number of nitrogens with zero attached hydrogens (tertiary/aromatic N) is 3. The van der Waals surface area contributed by atoms with Gasteiger partial charge in [0.15, 0.2) is 17.5 Å². The van der Waals surface area contributed by atoms with Gasteiger partial charge in [-0.25, -0.2) is 15.0 Å². The summed E-state index contributed by atoms with van der Waals surface area (Å²) < 4.78 is 74.4. The van der Waals surface area contributed by atoms with Gasteiger partial charge < -0.3 is 4.42 Å². The minimum Gasteiger partial charge on any atom is -0.456 e. The summed E-state index contributed by atoms with van der Waals surface area (Å²) in [4.78, 5) is 14.4. The first-order valence-electron chi connectivity index (χ1n) is 18.5. The van der Waals surface area contributed by atoms with Crippen molar-refractivity contribution in [1.29, 1.82) is 0 Å². The molecule has 9 aromatic rings. The summed E-state index contributed by atoms with van der Waals surface area (Å²) in [6, 6.07) is 27.4. The standard InChI is InChI=1S/C41H24ClN3O/c42-29-19-20-35-37(24-29)46-36-16-8-15-33(38(35)36)32-21-22-34(31-14-7-6-13-30(31)32)41-44-39(26-10-2-1-3-11-26)43-40(45-41)28-18-17-25-9-4-5-12-27(25)23-28/h1-24H/i1D,2D,3D,10D,11D,15D,19D,24D. The van der Waals surface area contributed by atoms with Crippen molar-refractivity contribution in [2.45, 2.75) is 0 Å². The van der Waals surface area contributed by atoms with Gasteiger partial charge in [-0.05, 0) is 63.0 Å². The fourth-order valence-corrected chi connectivity index (χ4v) is 6.10. The van der Waals surface area contributed by atoms with Crippen molar-refractivity contribution in [3.8, 4) is 45.3 Å². The molecule has 216 valence electrons. The topological polar surface area (TPSA) is 51.8 Å². The third kappa shape index (κ3) is 4.42. The summed E-state index contributed by atoms with van der Waals surface area (Å²) in [5, 5.41) is 4.48. The highest BCUT2D eigenvalue weighted by atomic mass is 35.5. The van der Waals surface area contributed by atoms with Crippen LogP contribution in [-0.2, 0) is 0 Å². The van der Waals surface area contributed by atoms with Crippen LogP contribution in [0.15, 0.2) is 150 Å². The zero-order valence-electron chi connectivity index (χ0n) is 31.9. The van der Waals surface area contributed by atoms with Gasteiger partial charge in [0.05, 0.1) is 11.0 Å². The van der Waals surface area contributed by atoms with E-state index in [2.05, 4.69) is 0 Å². The second-order valence-electron chi connectivity index (χ2n) is 10.7. The second kappa shape index (κ2) is 10.7. The Labute approximate surface area is 280 Å². The molecule has 5 heteroatoms. The average molecular weight is 618 g/mol. The molecular formula is C41H24ClN3O. The number of furan rings is 1. The molecule has 0 atom stereocenters. The zero-order valence-corrected chi connectivity index (χ0v) is 24.6. The van der Waals surface area contributed by atoms with E-state index in [1.807, 2.05) is 78.9 Å². The molecule has 0 amide bonds. The predicted octanol–water partition coefficient (Wildman–Crippen LogP) is 11.4. The molecule has 7 aromatic carbocycles. The van der Waals surface area contributed by atoms with Gasteiger partial charge in [0.25, 0.3) is 0 Å². The van der Waals surface area contributed by atoms with Gasteiger partial charge in [-0.1, -0.05) is 121 Å². The van der Waals surface area contributed by atoms with Crippen molar-refractivity contribution in [2.75, 3.05) is 0 Å². The number of rotatable bonds is 4. The maximum absolute atomic E-state index is 9.07. The van der Waals surface area contributed by atoms with Crippen molar-refractivity contribution in [1.82, 2.24) is 15.0 Å². The third-order valence-corrected chi connectivity index (χ3v) is 8.26. The molecule has 0 saturated heterocycles. The van der Waals surface area contributed by atoms with E-state index >= 15 is 0 Å². The molecule has 0 aliphatic heterocycles. The first kappa shape index (κ1) is 19.5. The molecule has 0 N–H and O–H groups in total. The smallest absolute Gasteiger partial charge is 0.164 e. The molecule has 2 heterocycles. The highest BCUT2D eigenvalue weighted by Crippen LogP contribution is 2.42. The van der Waals surface area contributed by atoms with E-state index in [1.54, 1.807) is 18.2 Å². The summed E-state index contributed by atoms with van der Waals surface area (Å²) in [5.74, 6) is 0.385. The second-order valence-corrected chi connectivity index (χ2v) is 11.1. The minimum atomic E-state index is -0.519. The number of hydrogen-bond acceptors (Lipinski definition) is 4. The molecule has 0 unspecified atom stereocenters. The summed E-state index contributed by atoms with van der Waals surface area (Å²) in [6.45, 7) is 0. The van der Waals surface area contributed by atoms with Gasteiger partial charge in [-0.15, -0.1) is 0 Å². The highest BCUT2D eigenvalue weighted by Gasteiger charge is 2.18. The number of benzene rings is 7. The Balaban J connectivity index is 1.32. The molecule has 46 heavy (non-hydrogen) atoms. The van der Waals surface area contributed by atoms with Crippen molar-refractivity contribution >= 4 is 55.1 Å². The van der Waals surface area contributed by atoms with Crippen molar-refractivity contribution in [2.24, 2.45) is 0 Å². The van der Waals surface area contributed by atoms with E-state index in [1.165, 1.54) is 0 Å². The molecule has 0 fully saturated rings. The number of halogens is 1. The maximum Gasteiger partial charge on any atom is 0.164 e. The minimum absolute atomic E-state index is 0.0209. The largest absolute Gasteiger partial charge is 0.456 e. The number of aromatic nitrogens is 3. The van der Waals surface area contributed by atoms with Crippen molar-refractivity contribution in [3.63, 3.8) is 0 Å². The van der Waals surface area contributed by atoms with E-state index < -0.39 is 30.2 Å². The normalized spacial score (nSPS) is 14.0. The molecule has 2 aromatic heterocycles. The van der Waals surface area contributed by atoms with E-state index in [0.717, 1.165) is 16.2 Å². The van der Waals surface area contributed by atoms with Crippen molar-refractivity contribution in [3.05, 3.63) is 150 Å². The molecule has 0 radical (unpaired) electrons. The van der Waals surface area contributed by atoms with Crippen LogP contribution in [0, 0.1) is 0 Å². The van der Waals surface area contributed by atoms with Crippen LogP contribution < -0.4 is 0 Å². The Kier molecular flexibility index (Phi) is 4.52. The maximum atomic E-state index is 9.07. The SMILES string of the molecule is [2H]c1cc2c(oc3ccc([2H])c(-c4ccc(-c5nc(-c6ccc7ccccc7c6)nc(-c6c([2H])c([2H])c([2H])c([2H])c6[2H])n5)c5ccccc45)c32)c([2H])c1Cl.